The first-order valence-electron chi connectivity index (χ1n) is 9.87. The summed E-state index contributed by atoms with van der Waals surface area (Å²) in [6, 6.07) is 9.76. The van der Waals surface area contributed by atoms with E-state index >= 15 is 0 Å². The van der Waals surface area contributed by atoms with E-state index in [4.69, 9.17) is 4.74 Å². The Morgan fingerprint density at radius 1 is 1.18 bits per heavy atom. The number of benzene rings is 1. The third kappa shape index (κ3) is 4.25. The third-order valence-electron chi connectivity index (χ3n) is 5.75. The molecular formula is C21H26N4O3. The molecule has 0 N–H and O–H groups in total. The van der Waals surface area contributed by atoms with Crippen molar-refractivity contribution >= 4 is 11.5 Å². The zero-order chi connectivity index (χ0) is 19.5. The maximum Gasteiger partial charge on any atom is 0.287 e. The van der Waals surface area contributed by atoms with Gasteiger partial charge in [-0.3, -0.25) is 10.1 Å². The molecule has 0 spiro atoms. The number of anilines is 1. The average molecular weight is 382 g/mol. The van der Waals surface area contributed by atoms with Crippen LogP contribution >= 0.6 is 0 Å². The lowest BCUT2D eigenvalue weighted by Crippen LogP contribution is -2.36. The Hall–Kier alpha value is -2.67. The topological polar surface area (TPSA) is 71.7 Å². The van der Waals surface area contributed by atoms with Gasteiger partial charge in [0.15, 0.2) is 0 Å². The number of rotatable bonds is 5. The molecule has 1 fully saturated rings. The lowest BCUT2D eigenvalue weighted by Gasteiger charge is -2.32. The second kappa shape index (κ2) is 8.14. The molecule has 7 heteroatoms. The number of nitro groups is 1. The minimum absolute atomic E-state index is 0.0308. The normalized spacial score (nSPS) is 18.0. The van der Waals surface area contributed by atoms with Crippen LogP contribution in [0.1, 0.15) is 24.0 Å². The summed E-state index contributed by atoms with van der Waals surface area (Å²) in [6.07, 6.45) is 4.51. The number of fused-ring (bicyclic) bond motifs is 1. The number of pyridine rings is 1. The van der Waals surface area contributed by atoms with Crippen LogP contribution in [-0.2, 0) is 13.0 Å². The van der Waals surface area contributed by atoms with Gasteiger partial charge in [0.05, 0.1) is 11.5 Å². The largest absolute Gasteiger partial charge is 0.493 e. The summed E-state index contributed by atoms with van der Waals surface area (Å²) < 4.78 is 6.10. The van der Waals surface area contributed by atoms with E-state index in [9.17, 15) is 10.1 Å². The fourth-order valence-corrected chi connectivity index (χ4v) is 3.98. The first kappa shape index (κ1) is 18.7. The van der Waals surface area contributed by atoms with E-state index in [0.717, 1.165) is 63.6 Å². The Bertz CT molecular complexity index is 832. The van der Waals surface area contributed by atoms with E-state index in [1.807, 2.05) is 0 Å². The number of aromatic nitrogens is 1. The minimum atomic E-state index is -0.418. The van der Waals surface area contributed by atoms with Gasteiger partial charge >= 0.3 is 0 Å². The fraction of sp³-hybridized carbons (Fsp3) is 0.476. The number of likely N-dealkylation sites (N-methyl/N-ethyl adjacent to an activating group) is 1. The molecular weight excluding hydrogens is 356 g/mol. The van der Waals surface area contributed by atoms with Crippen LogP contribution in [0.5, 0.6) is 5.75 Å². The van der Waals surface area contributed by atoms with E-state index in [2.05, 4.69) is 40.0 Å². The Labute approximate surface area is 165 Å². The molecule has 148 valence electrons. The summed E-state index contributed by atoms with van der Waals surface area (Å²) >= 11 is 0. The predicted molar refractivity (Wildman–Crippen MR) is 108 cm³/mol. The van der Waals surface area contributed by atoms with E-state index in [-0.39, 0.29) is 5.69 Å². The number of piperidine rings is 1. The van der Waals surface area contributed by atoms with Crippen LogP contribution in [0.15, 0.2) is 36.5 Å². The first-order valence-corrected chi connectivity index (χ1v) is 9.87. The lowest BCUT2D eigenvalue weighted by atomic mass is 9.97. The summed E-state index contributed by atoms with van der Waals surface area (Å²) in [4.78, 5) is 19.1. The molecule has 0 saturated carbocycles. The van der Waals surface area contributed by atoms with Crippen LogP contribution in [0.2, 0.25) is 0 Å². The van der Waals surface area contributed by atoms with Crippen molar-refractivity contribution < 1.29 is 9.66 Å². The average Bonchev–Trinajstić information content (AvgIpc) is 2.72. The van der Waals surface area contributed by atoms with E-state index in [1.165, 1.54) is 23.4 Å². The standard InChI is InChI=1S/C21H26N4O3/c1-23-9-8-17-2-4-20(12-18(17)14-23)28-15-16-6-10-24(11-7-16)21-5-3-19(13-22-21)25(26)27/h2-5,12-13,16H,6-11,14-15H2,1H3. The number of ether oxygens (including phenoxy) is 1. The molecule has 2 aliphatic heterocycles. The van der Waals surface area contributed by atoms with E-state index in [1.54, 1.807) is 6.07 Å². The number of nitrogens with zero attached hydrogens (tertiary/aromatic N) is 4. The minimum Gasteiger partial charge on any atom is -0.493 e. The van der Waals surface area contributed by atoms with Crippen molar-refractivity contribution in [1.29, 1.82) is 0 Å². The second-order valence-corrected chi connectivity index (χ2v) is 7.79. The molecule has 7 nitrogen and oxygen atoms in total. The van der Waals surface area contributed by atoms with Gasteiger partial charge in [0, 0.05) is 32.2 Å². The highest BCUT2D eigenvalue weighted by Crippen LogP contribution is 2.26. The summed E-state index contributed by atoms with van der Waals surface area (Å²) in [5, 5.41) is 10.8. The molecule has 0 aliphatic carbocycles. The predicted octanol–water partition coefficient (Wildman–Crippen LogP) is 3.27. The van der Waals surface area contributed by atoms with Gasteiger partial charge < -0.3 is 14.5 Å². The van der Waals surface area contributed by atoms with Crippen molar-refractivity contribution in [2.45, 2.75) is 25.8 Å². The molecule has 2 aromatic rings. The summed E-state index contributed by atoms with van der Waals surface area (Å²) in [6.45, 7) is 4.64. The van der Waals surface area contributed by atoms with Gasteiger partial charge in [-0.25, -0.2) is 4.98 Å². The van der Waals surface area contributed by atoms with Crippen LogP contribution in [0.25, 0.3) is 0 Å². The molecule has 2 aliphatic rings. The monoisotopic (exact) mass is 382 g/mol. The molecule has 1 saturated heterocycles. The van der Waals surface area contributed by atoms with Gasteiger partial charge in [-0.2, -0.15) is 0 Å². The highest BCUT2D eigenvalue weighted by atomic mass is 16.6. The molecule has 0 atom stereocenters. The fourth-order valence-electron chi connectivity index (χ4n) is 3.98. The van der Waals surface area contributed by atoms with E-state index < -0.39 is 4.92 Å². The van der Waals surface area contributed by atoms with Crippen LogP contribution in [-0.4, -0.2) is 48.1 Å². The zero-order valence-corrected chi connectivity index (χ0v) is 16.2. The second-order valence-electron chi connectivity index (χ2n) is 7.79. The van der Waals surface area contributed by atoms with Gasteiger partial charge in [0.25, 0.3) is 5.69 Å². The molecule has 0 radical (unpaired) electrons. The summed E-state index contributed by atoms with van der Waals surface area (Å²) in [5.74, 6) is 2.30. The SMILES string of the molecule is CN1CCc2ccc(OCC3CCN(c4ccc([N+](=O)[O-])cn4)CC3)cc2C1. The van der Waals surface area contributed by atoms with Crippen LogP contribution in [0, 0.1) is 16.0 Å². The molecule has 1 aromatic carbocycles. The van der Waals surface area contributed by atoms with Crippen molar-refractivity contribution in [2.24, 2.45) is 5.92 Å². The highest BCUT2D eigenvalue weighted by Gasteiger charge is 2.21. The van der Waals surface area contributed by atoms with E-state index in [0.29, 0.717) is 5.92 Å². The van der Waals surface area contributed by atoms with Gasteiger partial charge in [-0.05, 0) is 61.6 Å². The van der Waals surface area contributed by atoms with Crippen molar-refractivity contribution in [3.63, 3.8) is 0 Å². The van der Waals surface area contributed by atoms with Gasteiger partial charge in [0.1, 0.15) is 17.8 Å². The molecule has 28 heavy (non-hydrogen) atoms. The van der Waals surface area contributed by atoms with Crippen LogP contribution < -0.4 is 9.64 Å². The lowest BCUT2D eigenvalue weighted by molar-refractivity contribution is -0.385. The van der Waals surface area contributed by atoms with Crippen molar-refractivity contribution in [2.75, 3.05) is 38.2 Å². The van der Waals surface area contributed by atoms with Crippen LogP contribution in [0.4, 0.5) is 11.5 Å². The van der Waals surface area contributed by atoms with Crippen LogP contribution in [0.3, 0.4) is 0 Å². The zero-order valence-electron chi connectivity index (χ0n) is 16.2. The quantitative estimate of drug-likeness (QED) is 0.584. The molecule has 4 rings (SSSR count). The number of hydrogen-bond acceptors (Lipinski definition) is 6. The third-order valence-corrected chi connectivity index (χ3v) is 5.75. The maximum absolute atomic E-state index is 10.8. The smallest absolute Gasteiger partial charge is 0.287 e. The molecule has 0 bridgehead atoms. The van der Waals surface area contributed by atoms with Crippen molar-refractivity contribution in [3.05, 3.63) is 57.8 Å². The van der Waals surface area contributed by atoms with Crippen molar-refractivity contribution in [1.82, 2.24) is 9.88 Å². The molecule has 0 amide bonds. The summed E-state index contributed by atoms with van der Waals surface area (Å²) in [5.41, 5.74) is 2.85. The van der Waals surface area contributed by atoms with Gasteiger partial charge in [-0.15, -0.1) is 0 Å². The Morgan fingerprint density at radius 2 is 2.00 bits per heavy atom. The van der Waals surface area contributed by atoms with Crippen molar-refractivity contribution in [3.8, 4) is 5.75 Å². The molecule has 1 aromatic heterocycles. The Morgan fingerprint density at radius 3 is 2.71 bits per heavy atom. The Kier molecular flexibility index (Phi) is 5.43. The first-order chi connectivity index (χ1) is 13.6. The maximum atomic E-state index is 10.8. The highest BCUT2D eigenvalue weighted by molar-refractivity contribution is 5.43. The Balaban J connectivity index is 1.28. The molecule has 3 heterocycles. The summed E-state index contributed by atoms with van der Waals surface area (Å²) in [7, 11) is 2.16. The molecule has 0 unspecified atom stereocenters. The van der Waals surface area contributed by atoms with Gasteiger partial charge in [0.2, 0.25) is 0 Å². The number of hydrogen-bond donors (Lipinski definition) is 0. The van der Waals surface area contributed by atoms with Gasteiger partial charge in [-0.1, -0.05) is 6.07 Å².